The summed E-state index contributed by atoms with van der Waals surface area (Å²) in [5.41, 5.74) is 3.21. The van der Waals surface area contributed by atoms with Crippen molar-refractivity contribution in [2.24, 2.45) is 0 Å². The van der Waals surface area contributed by atoms with E-state index in [0.717, 1.165) is 16.7 Å². The van der Waals surface area contributed by atoms with Gasteiger partial charge in [0.2, 0.25) is 0 Å². The summed E-state index contributed by atoms with van der Waals surface area (Å²) in [5.74, 6) is -0.783. The molecule has 5 nitrogen and oxygen atoms in total. The summed E-state index contributed by atoms with van der Waals surface area (Å²) in [6.07, 6.45) is -2.13. The second kappa shape index (κ2) is 11.4. The Morgan fingerprint density at radius 1 is 0.583 bits per heavy atom. The van der Waals surface area contributed by atoms with Crippen molar-refractivity contribution in [3.8, 4) is 0 Å². The summed E-state index contributed by atoms with van der Waals surface area (Å²) in [7, 11) is 0. The number of halogens is 1. The van der Waals surface area contributed by atoms with Crippen LogP contribution >= 0.6 is 11.6 Å². The van der Waals surface area contributed by atoms with Crippen molar-refractivity contribution in [1.29, 1.82) is 0 Å². The Labute approximate surface area is 218 Å². The molecule has 1 heterocycles. The minimum atomic E-state index is -0.783. The number of hydrogen-bond acceptors (Lipinski definition) is 5. The lowest BCUT2D eigenvalue weighted by Gasteiger charge is -2.45. The molecule has 0 spiro atoms. The van der Waals surface area contributed by atoms with Gasteiger partial charge >= 0.3 is 0 Å². The molecule has 190 valence electrons. The molecule has 2 aliphatic rings. The molecule has 0 radical (unpaired) electrons. The number of benzene rings is 3. The number of alkyl halides is 1. The van der Waals surface area contributed by atoms with Crippen LogP contribution in [0.5, 0.6) is 0 Å². The first-order valence-corrected chi connectivity index (χ1v) is 12.9. The van der Waals surface area contributed by atoms with Gasteiger partial charge in [-0.2, -0.15) is 0 Å². The minimum Gasteiger partial charge on any atom is -0.369 e. The molecule has 3 aromatic rings. The summed E-state index contributed by atoms with van der Waals surface area (Å²) in [5, 5.41) is -0.474. The van der Waals surface area contributed by atoms with Gasteiger partial charge in [0.05, 0.1) is 25.2 Å². The van der Waals surface area contributed by atoms with E-state index >= 15 is 0 Å². The molecule has 1 aliphatic carbocycles. The maximum absolute atomic E-state index is 7.07. The van der Waals surface area contributed by atoms with Gasteiger partial charge in [0, 0.05) is 0 Å². The molecule has 5 rings (SSSR count). The Hall–Kier alpha value is -2.25. The van der Waals surface area contributed by atoms with Crippen LogP contribution in [0.25, 0.3) is 0 Å². The highest BCUT2D eigenvalue weighted by Crippen LogP contribution is 2.43. The topological polar surface area (TPSA) is 46.2 Å². The maximum Gasteiger partial charge on any atom is 0.163 e. The summed E-state index contributed by atoms with van der Waals surface area (Å²) in [6, 6.07) is 30.2. The zero-order valence-electron chi connectivity index (χ0n) is 20.7. The van der Waals surface area contributed by atoms with Crippen molar-refractivity contribution in [3.05, 3.63) is 108 Å². The van der Waals surface area contributed by atoms with Crippen molar-refractivity contribution in [3.63, 3.8) is 0 Å². The van der Waals surface area contributed by atoms with Crippen molar-refractivity contribution >= 4 is 11.6 Å². The standard InChI is InChI=1S/C30H33ClO5/c1-30(2)35-26-24(31)25(32-18-21-12-6-3-7-13-21)27(33-19-22-14-8-4-9-15-22)28(29(26)36-30)34-20-23-16-10-5-11-17-23/h3-17,24-29H,18-20H2,1-2H3/t24-,25-,26-,27+,28-,29-/m1/s1. The molecular weight excluding hydrogens is 476 g/mol. The van der Waals surface area contributed by atoms with Crippen LogP contribution in [0.3, 0.4) is 0 Å². The Balaban J connectivity index is 1.42. The lowest BCUT2D eigenvalue weighted by Crippen LogP contribution is -2.63. The fourth-order valence-corrected chi connectivity index (χ4v) is 5.34. The first kappa shape index (κ1) is 25.4. The molecule has 3 aromatic carbocycles. The molecular formula is C30H33ClO5. The Morgan fingerprint density at radius 2 is 0.972 bits per heavy atom. The van der Waals surface area contributed by atoms with Crippen molar-refractivity contribution in [1.82, 2.24) is 0 Å². The molecule has 6 atom stereocenters. The lowest BCUT2D eigenvalue weighted by molar-refractivity contribution is -0.210. The second-order valence-corrected chi connectivity index (χ2v) is 10.3. The Bertz CT molecular complexity index is 1080. The molecule has 0 bridgehead atoms. The van der Waals surface area contributed by atoms with Gasteiger partial charge in [0.15, 0.2) is 5.79 Å². The van der Waals surface area contributed by atoms with Crippen molar-refractivity contribution in [2.75, 3.05) is 0 Å². The number of rotatable bonds is 9. The first-order chi connectivity index (χ1) is 17.5. The highest BCUT2D eigenvalue weighted by atomic mass is 35.5. The molecule has 36 heavy (non-hydrogen) atoms. The molecule has 0 unspecified atom stereocenters. The molecule has 0 aromatic heterocycles. The number of hydrogen-bond donors (Lipinski definition) is 0. The summed E-state index contributed by atoms with van der Waals surface area (Å²) in [4.78, 5) is 0. The van der Waals surface area contributed by atoms with Crippen molar-refractivity contribution in [2.45, 2.75) is 75.4 Å². The monoisotopic (exact) mass is 508 g/mol. The second-order valence-electron chi connectivity index (χ2n) is 9.79. The third kappa shape index (κ3) is 6.00. The van der Waals surface area contributed by atoms with Crippen LogP contribution in [0.2, 0.25) is 0 Å². The Morgan fingerprint density at radius 3 is 1.44 bits per heavy atom. The van der Waals surface area contributed by atoms with Crippen LogP contribution in [0.1, 0.15) is 30.5 Å². The predicted octanol–water partition coefficient (Wildman–Crippen LogP) is 5.88. The van der Waals surface area contributed by atoms with Gasteiger partial charge in [-0.25, -0.2) is 0 Å². The third-order valence-electron chi connectivity index (χ3n) is 6.62. The number of fused-ring (bicyclic) bond motifs is 1. The molecule has 0 N–H and O–H groups in total. The van der Waals surface area contributed by atoms with E-state index in [9.17, 15) is 0 Å². The van der Waals surface area contributed by atoms with Crippen LogP contribution < -0.4 is 0 Å². The zero-order valence-corrected chi connectivity index (χ0v) is 21.4. The molecule has 6 heteroatoms. The van der Waals surface area contributed by atoms with Crippen LogP contribution in [-0.2, 0) is 43.5 Å². The molecule has 1 saturated heterocycles. The Kier molecular flexibility index (Phi) is 8.06. The zero-order chi connectivity index (χ0) is 25.0. The molecule has 2 fully saturated rings. The molecule has 0 amide bonds. The van der Waals surface area contributed by atoms with Gasteiger partial charge in [-0.15, -0.1) is 11.6 Å². The normalized spacial score (nSPS) is 29.1. The van der Waals surface area contributed by atoms with Gasteiger partial charge < -0.3 is 23.7 Å². The average molecular weight is 509 g/mol. The van der Waals surface area contributed by atoms with Gasteiger partial charge in [0.25, 0.3) is 0 Å². The van der Waals surface area contributed by atoms with Crippen molar-refractivity contribution < 1.29 is 23.7 Å². The maximum atomic E-state index is 7.07. The number of ether oxygens (including phenoxy) is 5. The fraction of sp³-hybridized carbons (Fsp3) is 0.400. The van der Waals surface area contributed by atoms with E-state index < -0.39 is 29.5 Å². The summed E-state index contributed by atoms with van der Waals surface area (Å²) >= 11 is 7.07. The van der Waals surface area contributed by atoms with E-state index in [0.29, 0.717) is 19.8 Å². The van der Waals surface area contributed by atoms with E-state index in [1.165, 1.54) is 0 Å². The smallest absolute Gasteiger partial charge is 0.163 e. The van der Waals surface area contributed by atoms with E-state index in [1.54, 1.807) is 0 Å². The largest absolute Gasteiger partial charge is 0.369 e. The highest BCUT2D eigenvalue weighted by Gasteiger charge is 2.59. The summed E-state index contributed by atoms with van der Waals surface area (Å²) in [6.45, 7) is 5.05. The summed E-state index contributed by atoms with van der Waals surface area (Å²) < 4.78 is 32.2. The van der Waals surface area contributed by atoms with Crippen LogP contribution in [-0.4, -0.2) is 41.7 Å². The SMILES string of the molecule is CC1(C)O[C@H]2[C@H](OCc3ccccc3)[C@@H](OCc3ccccc3)[C@H](OCc3ccccc3)[C@@H](Cl)[C@H]2O1. The third-order valence-corrected chi connectivity index (χ3v) is 7.12. The van der Waals surface area contributed by atoms with Crippen LogP contribution in [0, 0.1) is 0 Å². The quantitative estimate of drug-likeness (QED) is 0.337. The van der Waals surface area contributed by atoms with Crippen LogP contribution in [0.4, 0.5) is 0 Å². The van der Waals surface area contributed by atoms with E-state index in [2.05, 4.69) is 0 Å². The van der Waals surface area contributed by atoms with Gasteiger partial charge in [-0.1, -0.05) is 91.0 Å². The van der Waals surface area contributed by atoms with Crippen LogP contribution in [0.15, 0.2) is 91.0 Å². The highest BCUT2D eigenvalue weighted by molar-refractivity contribution is 6.21. The van der Waals surface area contributed by atoms with E-state index in [4.69, 9.17) is 35.3 Å². The van der Waals surface area contributed by atoms with E-state index in [-0.39, 0.29) is 12.2 Å². The fourth-order valence-electron chi connectivity index (χ4n) is 4.93. The minimum absolute atomic E-state index is 0.386. The lowest BCUT2D eigenvalue weighted by atomic mass is 9.86. The van der Waals surface area contributed by atoms with Gasteiger partial charge in [-0.05, 0) is 30.5 Å². The first-order valence-electron chi connectivity index (χ1n) is 12.5. The predicted molar refractivity (Wildman–Crippen MR) is 139 cm³/mol. The van der Waals surface area contributed by atoms with Gasteiger partial charge in [0.1, 0.15) is 30.5 Å². The van der Waals surface area contributed by atoms with E-state index in [1.807, 2.05) is 105 Å². The average Bonchev–Trinajstić information content (AvgIpc) is 3.23. The molecule has 1 saturated carbocycles. The molecule has 1 aliphatic heterocycles. The van der Waals surface area contributed by atoms with Gasteiger partial charge in [-0.3, -0.25) is 0 Å².